The number of unbranched alkanes of at least 4 members (excludes halogenated alkanes) is 2. The molecule has 0 aliphatic carbocycles. The van der Waals surface area contributed by atoms with Crippen molar-refractivity contribution in [2.24, 2.45) is 0 Å². The van der Waals surface area contributed by atoms with Crippen LogP contribution in [0.4, 0.5) is 17.6 Å². The lowest BCUT2D eigenvalue weighted by atomic mass is 10.2. The second-order valence-electron chi connectivity index (χ2n) is 6.04. The van der Waals surface area contributed by atoms with E-state index in [9.17, 15) is 0 Å². The van der Waals surface area contributed by atoms with Gasteiger partial charge >= 0.3 is 0 Å². The normalized spacial score (nSPS) is 14.7. The summed E-state index contributed by atoms with van der Waals surface area (Å²) < 4.78 is 0. The van der Waals surface area contributed by atoms with Crippen LogP contribution in [-0.2, 0) is 0 Å². The average Bonchev–Trinajstić information content (AvgIpc) is 2.66. The Morgan fingerprint density at radius 1 is 0.958 bits per heavy atom. The molecule has 1 N–H and O–H groups in total. The fraction of sp³-hybridized carbons (Fsp3) is 0.500. The Morgan fingerprint density at radius 3 is 2.54 bits per heavy atom. The van der Waals surface area contributed by atoms with Gasteiger partial charge in [-0.05, 0) is 24.6 Å². The minimum absolute atomic E-state index is 0.816. The van der Waals surface area contributed by atoms with Crippen LogP contribution in [0.2, 0.25) is 0 Å². The number of nitrogens with zero attached hydrogens (tertiary/aromatic N) is 5. The molecule has 0 radical (unpaired) electrons. The third-order valence-electron chi connectivity index (χ3n) is 4.27. The van der Waals surface area contributed by atoms with Crippen LogP contribution in [0.5, 0.6) is 0 Å². The van der Waals surface area contributed by atoms with E-state index in [1.165, 1.54) is 19.3 Å². The molecule has 0 aromatic carbocycles. The molecule has 1 fully saturated rings. The van der Waals surface area contributed by atoms with Gasteiger partial charge in [0.25, 0.3) is 0 Å². The van der Waals surface area contributed by atoms with E-state index in [0.29, 0.717) is 0 Å². The van der Waals surface area contributed by atoms with Crippen LogP contribution in [0.3, 0.4) is 0 Å². The van der Waals surface area contributed by atoms with E-state index in [0.717, 1.165) is 50.3 Å². The van der Waals surface area contributed by atoms with E-state index in [1.54, 1.807) is 0 Å². The molecule has 24 heavy (non-hydrogen) atoms. The summed E-state index contributed by atoms with van der Waals surface area (Å²) in [5, 5.41) is 3.40. The first-order valence-corrected chi connectivity index (χ1v) is 8.84. The van der Waals surface area contributed by atoms with E-state index >= 15 is 0 Å². The molecule has 0 spiro atoms. The molecule has 1 aliphatic rings. The van der Waals surface area contributed by atoms with Crippen LogP contribution < -0.4 is 15.1 Å². The van der Waals surface area contributed by atoms with Crippen molar-refractivity contribution < 1.29 is 0 Å². The number of pyridine rings is 1. The Balaban J connectivity index is 1.54. The molecule has 2 aromatic heterocycles. The van der Waals surface area contributed by atoms with Gasteiger partial charge in [0, 0.05) is 45.1 Å². The minimum Gasteiger partial charge on any atom is -0.370 e. The lowest BCUT2D eigenvalue weighted by molar-refractivity contribution is 0.634. The summed E-state index contributed by atoms with van der Waals surface area (Å²) in [7, 11) is 0. The lowest BCUT2D eigenvalue weighted by Gasteiger charge is -2.35. The zero-order chi connectivity index (χ0) is 16.6. The van der Waals surface area contributed by atoms with Gasteiger partial charge in [-0.15, -0.1) is 0 Å². The molecule has 128 valence electrons. The zero-order valence-corrected chi connectivity index (χ0v) is 14.4. The third kappa shape index (κ3) is 4.34. The quantitative estimate of drug-likeness (QED) is 0.790. The molecule has 0 saturated carbocycles. The van der Waals surface area contributed by atoms with Gasteiger partial charge < -0.3 is 15.1 Å². The van der Waals surface area contributed by atoms with Crippen LogP contribution in [0.1, 0.15) is 26.2 Å². The molecule has 1 aliphatic heterocycles. The molecule has 0 atom stereocenters. The number of piperazine rings is 1. The summed E-state index contributed by atoms with van der Waals surface area (Å²) in [6.07, 6.45) is 7.35. The largest absolute Gasteiger partial charge is 0.370 e. The van der Waals surface area contributed by atoms with Gasteiger partial charge in [-0.25, -0.2) is 9.97 Å². The predicted octanol–water partition coefficient (Wildman–Crippen LogP) is 2.80. The summed E-state index contributed by atoms with van der Waals surface area (Å²) in [4.78, 5) is 18.1. The molecular weight excluding hydrogens is 300 g/mol. The number of rotatable bonds is 7. The van der Waals surface area contributed by atoms with Crippen molar-refractivity contribution >= 4 is 17.6 Å². The van der Waals surface area contributed by atoms with Gasteiger partial charge in [-0.1, -0.05) is 25.8 Å². The van der Waals surface area contributed by atoms with Gasteiger partial charge in [0.2, 0.25) is 5.95 Å². The maximum Gasteiger partial charge on any atom is 0.227 e. The van der Waals surface area contributed by atoms with Crippen molar-refractivity contribution in [3.63, 3.8) is 0 Å². The first-order chi connectivity index (χ1) is 11.9. The summed E-state index contributed by atoms with van der Waals surface area (Å²) >= 11 is 0. The Hall–Kier alpha value is -2.37. The summed E-state index contributed by atoms with van der Waals surface area (Å²) in [5.74, 6) is 2.78. The van der Waals surface area contributed by atoms with Crippen molar-refractivity contribution in [3.05, 3.63) is 36.7 Å². The molecule has 0 amide bonds. The first-order valence-electron chi connectivity index (χ1n) is 8.84. The van der Waals surface area contributed by atoms with Crippen LogP contribution in [-0.4, -0.2) is 47.7 Å². The Labute approximate surface area is 143 Å². The van der Waals surface area contributed by atoms with Crippen LogP contribution in [0.15, 0.2) is 36.7 Å². The van der Waals surface area contributed by atoms with E-state index in [-0.39, 0.29) is 0 Å². The molecule has 6 nitrogen and oxygen atoms in total. The highest BCUT2D eigenvalue weighted by atomic mass is 15.3. The average molecular weight is 326 g/mol. The summed E-state index contributed by atoms with van der Waals surface area (Å²) in [6.45, 7) is 6.89. The fourth-order valence-electron chi connectivity index (χ4n) is 2.87. The van der Waals surface area contributed by atoms with E-state index in [2.05, 4.69) is 43.1 Å². The predicted molar refractivity (Wildman–Crippen MR) is 98.7 cm³/mol. The van der Waals surface area contributed by atoms with Gasteiger partial charge in [0.05, 0.1) is 0 Å². The Bertz CT molecular complexity index is 610. The second-order valence-corrected chi connectivity index (χ2v) is 6.04. The standard InChI is InChI=1S/C18H26N6/c1-2-3-5-9-19-16-8-11-21-18(22-16)24-14-12-23(13-15-24)17-7-4-6-10-20-17/h4,6-8,10-11H,2-3,5,9,12-15H2,1H3,(H,19,21,22). The minimum atomic E-state index is 0.816. The maximum atomic E-state index is 4.66. The van der Waals surface area contributed by atoms with Crippen molar-refractivity contribution in [3.8, 4) is 0 Å². The second kappa shape index (κ2) is 8.47. The first kappa shape index (κ1) is 16.5. The van der Waals surface area contributed by atoms with Crippen molar-refractivity contribution in [1.82, 2.24) is 15.0 Å². The van der Waals surface area contributed by atoms with Crippen molar-refractivity contribution in [2.45, 2.75) is 26.2 Å². The monoisotopic (exact) mass is 326 g/mol. The van der Waals surface area contributed by atoms with Crippen LogP contribution >= 0.6 is 0 Å². The van der Waals surface area contributed by atoms with Crippen LogP contribution in [0.25, 0.3) is 0 Å². The van der Waals surface area contributed by atoms with Crippen molar-refractivity contribution in [2.75, 3.05) is 47.8 Å². The zero-order valence-electron chi connectivity index (χ0n) is 14.4. The fourth-order valence-corrected chi connectivity index (χ4v) is 2.87. The van der Waals surface area contributed by atoms with Gasteiger partial charge in [-0.3, -0.25) is 0 Å². The number of anilines is 3. The lowest BCUT2D eigenvalue weighted by Crippen LogP contribution is -2.47. The number of nitrogens with one attached hydrogen (secondary N) is 1. The summed E-state index contributed by atoms with van der Waals surface area (Å²) in [6, 6.07) is 7.99. The molecular formula is C18H26N6. The summed E-state index contributed by atoms with van der Waals surface area (Å²) in [5.41, 5.74) is 0. The molecule has 2 aromatic rings. The Morgan fingerprint density at radius 2 is 1.79 bits per heavy atom. The highest BCUT2D eigenvalue weighted by Gasteiger charge is 2.19. The Kier molecular flexibility index (Phi) is 5.82. The molecule has 3 rings (SSSR count). The number of hydrogen-bond donors (Lipinski definition) is 1. The number of aromatic nitrogens is 3. The van der Waals surface area contributed by atoms with E-state index in [4.69, 9.17) is 0 Å². The third-order valence-corrected chi connectivity index (χ3v) is 4.27. The molecule has 1 saturated heterocycles. The van der Waals surface area contributed by atoms with Gasteiger partial charge in [0.15, 0.2) is 0 Å². The smallest absolute Gasteiger partial charge is 0.227 e. The van der Waals surface area contributed by atoms with E-state index < -0.39 is 0 Å². The van der Waals surface area contributed by atoms with Gasteiger partial charge in [0.1, 0.15) is 11.6 Å². The maximum absolute atomic E-state index is 4.66. The molecule has 0 bridgehead atoms. The van der Waals surface area contributed by atoms with Crippen molar-refractivity contribution in [1.29, 1.82) is 0 Å². The highest BCUT2D eigenvalue weighted by molar-refractivity contribution is 5.44. The van der Waals surface area contributed by atoms with Gasteiger partial charge in [-0.2, -0.15) is 4.98 Å². The SMILES string of the molecule is CCCCCNc1ccnc(N2CCN(c3ccccn3)CC2)n1. The topological polar surface area (TPSA) is 57.2 Å². The van der Waals surface area contributed by atoms with E-state index in [1.807, 2.05) is 30.6 Å². The molecule has 6 heteroatoms. The molecule has 3 heterocycles. The molecule has 0 unspecified atom stereocenters. The van der Waals surface area contributed by atoms with Crippen LogP contribution in [0, 0.1) is 0 Å². The highest BCUT2D eigenvalue weighted by Crippen LogP contribution is 2.17. The number of hydrogen-bond acceptors (Lipinski definition) is 6.